The summed E-state index contributed by atoms with van der Waals surface area (Å²) in [6.07, 6.45) is 5.31. The molecule has 26 heavy (non-hydrogen) atoms. The van der Waals surface area contributed by atoms with Gasteiger partial charge in [0.2, 0.25) is 5.91 Å². The third-order valence-electron chi connectivity index (χ3n) is 4.88. The number of hydrogen-bond donors (Lipinski definition) is 2. The topological polar surface area (TPSA) is 57.3 Å². The minimum Gasteiger partial charge on any atom is -0.352 e. The van der Waals surface area contributed by atoms with Crippen molar-refractivity contribution in [2.45, 2.75) is 38.4 Å². The van der Waals surface area contributed by atoms with E-state index in [9.17, 15) is 4.79 Å². The number of nitrogens with zero attached hydrogens (tertiary/aromatic N) is 2. The van der Waals surface area contributed by atoms with Crippen LogP contribution in [0.15, 0.2) is 42.6 Å². The van der Waals surface area contributed by atoms with Gasteiger partial charge in [-0.25, -0.2) is 4.98 Å². The van der Waals surface area contributed by atoms with Crippen molar-refractivity contribution in [3.05, 3.63) is 59.3 Å². The molecule has 6 heteroatoms. The highest BCUT2D eigenvalue weighted by Gasteiger charge is 2.21. The van der Waals surface area contributed by atoms with Gasteiger partial charge in [0, 0.05) is 31.9 Å². The average Bonchev–Trinajstić information content (AvgIpc) is 3.49. The number of rotatable bonds is 6. The van der Waals surface area contributed by atoms with Crippen molar-refractivity contribution < 1.29 is 4.79 Å². The van der Waals surface area contributed by atoms with Crippen LogP contribution in [-0.2, 0) is 24.3 Å². The van der Waals surface area contributed by atoms with E-state index in [2.05, 4.69) is 56.9 Å². The number of anilines is 1. The summed E-state index contributed by atoms with van der Waals surface area (Å²) in [5, 5.41) is 6.16. The first-order valence-corrected chi connectivity index (χ1v) is 9.05. The van der Waals surface area contributed by atoms with Crippen molar-refractivity contribution in [2.24, 2.45) is 0 Å². The molecular weight excluding hydrogens is 348 g/mol. The number of aromatic nitrogens is 1. The third-order valence-corrected chi connectivity index (χ3v) is 4.88. The van der Waals surface area contributed by atoms with Gasteiger partial charge in [0.15, 0.2) is 0 Å². The fourth-order valence-electron chi connectivity index (χ4n) is 3.19. The van der Waals surface area contributed by atoms with Crippen LogP contribution in [0.25, 0.3) is 0 Å². The van der Waals surface area contributed by atoms with E-state index in [1.165, 1.54) is 24.0 Å². The quantitative estimate of drug-likeness (QED) is 0.817. The van der Waals surface area contributed by atoms with Gasteiger partial charge < -0.3 is 15.5 Å². The summed E-state index contributed by atoms with van der Waals surface area (Å²) in [5.41, 5.74) is 3.86. The Balaban J connectivity index is 0.00000196. The second-order valence-corrected chi connectivity index (χ2v) is 6.90. The average molecular weight is 373 g/mol. The molecule has 2 N–H and O–H groups in total. The van der Waals surface area contributed by atoms with E-state index in [0.29, 0.717) is 19.1 Å². The highest BCUT2D eigenvalue weighted by atomic mass is 35.5. The molecule has 2 aliphatic rings. The van der Waals surface area contributed by atoms with Gasteiger partial charge in [-0.3, -0.25) is 4.79 Å². The molecule has 4 rings (SSSR count). The number of pyridine rings is 1. The molecule has 2 aromatic rings. The van der Waals surface area contributed by atoms with E-state index in [-0.39, 0.29) is 18.3 Å². The lowest BCUT2D eigenvalue weighted by molar-refractivity contribution is -0.120. The maximum atomic E-state index is 11.8. The van der Waals surface area contributed by atoms with Crippen LogP contribution in [0.3, 0.4) is 0 Å². The van der Waals surface area contributed by atoms with Crippen LogP contribution < -0.4 is 15.5 Å². The molecule has 138 valence electrons. The van der Waals surface area contributed by atoms with Gasteiger partial charge in [0.1, 0.15) is 5.82 Å². The molecule has 1 aromatic carbocycles. The Morgan fingerprint density at radius 3 is 2.69 bits per heavy atom. The Hall–Kier alpha value is -2.11. The number of amides is 1. The molecule has 1 amide bonds. The van der Waals surface area contributed by atoms with Crippen molar-refractivity contribution in [3.8, 4) is 0 Å². The van der Waals surface area contributed by atoms with E-state index in [1.807, 2.05) is 6.20 Å². The first-order chi connectivity index (χ1) is 12.3. The minimum atomic E-state index is 0. The molecule has 1 saturated carbocycles. The standard InChI is InChI=1S/C20H24N4O.ClH/c25-20(13-21-18-6-7-18)23-12-15-5-8-19(22-11-15)24-10-9-16-3-1-2-4-17(16)14-24;/h1-5,8,11,18,21H,6-7,9-10,12-14H2,(H,23,25);1H. The number of fused-ring (bicyclic) bond motifs is 1. The smallest absolute Gasteiger partial charge is 0.234 e. The van der Waals surface area contributed by atoms with E-state index < -0.39 is 0 Å². The fourth-order valence-corrected chi connectivity index (χ4v) is 3.19. The zero-order chi connectivity index (χ0) is 17.1. The number of carbonyl (C=O) groups is 1. The van der Waals surface area contributed by atoms with Gasteiger partial charge in [-0.15, -0.1) is 12.4 Å². The molecule has 0 bridgehead atoms. The highest BCUT2D eigenvalue weighted by Crippen LogP contribution is 2.23. The summed E-state index contributed by atoms with van der Waals surface area (Å²) >= 11 is 0. The summed E-state index contributed by atoms with van der Waals surface area (Å²) in [7, 11) is 0. The van der Waals surface area contributed by atoms with E-state index >= 15 is 0 Å². The summed E-state index contributed by atoms with van der Waals surface area (Å²) in [4.78, 5) is 18.7. The molecule has 0 radical (unpaired) electrons. The van der Waals surface area contributed by atoms with Crippen LogP contribution in [0.2, 0.25) is 0 Å². The van der Waals surface area contributed by atoms with Gasteiger partial charge in [0.25, 0.3) is 0 Å². The molecule has 0 saturated heterocycles. The summed E-state index contributed by atoms with van der Waals surface area (Å²) in [5.74, 6) is 1.04. The molecule has 1 aliphatic heterocycles. The predicted octanol–water partition coefficient (Wildman–Crippen LogP) is 2.43. The second-order valence-electron chi connectivity index (χ2n) is 6.90. The van der Waals surface area contributed by atoms with Gasteiger partial charge >= 0.3 is 0 Å². The lowest BCUT2D eigenvalue weighted by atomic mass is 10.00. The van der Waals surface area contributed by atoms with Gasteiger partial charge in [0.05, 0.1) is 6.54 Å². The van der Waals surface area contributed by atoms with E-state index in [4.69, 9.17) is 0 Å². The van der Waals surface area contributed by atoms with Crippen molar-refractivity contribution >= 4 is 24.1 Å². The molecule has 5 nitrogen and oxygen atoms in total. The van der Waals surface area contributed by atoms with Crippen LogP contribution in [0.5, 0.6) is 0 Å². The Morgan fingerprint density at radius 2 is 1.96 bits per heavy atom. The van der Waals surface area contributed by atoms with Crippen LogP contribution in [0.1, 0.15) is 29.5 Å². The molecular formula is C20H25ClN4O. The Morgan fingerprint density at radius 1 is 1.15 bits per heavy atom. The number of hydrogen-bond acceptors (Lipinski definition) is 4. The lowest BCUT2D eigenvalue weighted by Crippen LogP contribution is -2.34. The molecule has 1 aromatic heterocycles. The Labute approximate surface area is 160 Å². The summed E-state index contributed by atoms with van der Waals surface area (Å²) in [6, 6.07) is 13.3. The SMILES string of the molecule is Cl.O=C(CNC1CC1)NCc1ccc(N2CCc3ccccc3C2)nc1. The maximum absolute atomic E-state index is 11.8. The molecule has 2 heterocycles. The fraction of sp³-hybridized carbons (Fsp3) is 0.400. The van der Waals surface area contributed by atoms with E-state index in [1.54, 1.807) is 0 Å². The second kappa shape index (κ2) is 8.52. The monoisotopic (exact) mass is 372 g/mol. The van der Waals surface area contributed by atoms with Crippen molar-refractivity contribution in [2.75, 3.05) is 18.0 Å². The van der Waals surface area contributed by atoms with Crippen LogP contribution >= 0.6 is 12.4 Å². The molecule has 0 unspecified atom stereocenters. The first-order valence-electron chi connectivity index (χ1n) is 9.05. The third kappa shape index (κ3) is 4.74. The Kier molecular flexibility index (Phi) is 6.12. The van der Waals surface area contributed by atoms with Gasteiger partial charge in [-0.05, 0) is 42.0 Å². The molecule has 0 spiro atoms. The van der Waals surface area contributed by atoms with Gasteiger partial charge in [-0.2, -0.15) is 0 Å². The summed E-state index contributed by atoms with van der Waals surface area (Å²) in [6.45, 7) is 2.84. The van der Waals surface area contributed by atoms with Crippen molar-refractivity contribution in [1.82, 2.24) is 15.6 Å². The zero-order valence-electron chi connectivity index (χ0n) is 14.8. The zero-order valence-corrected chi connectivity index (χ0v) is 15.6. The van der Waals surface area contributed by atoms with Crippen LogP contribution in [-0.4, -0.2) is 30.0 Å². The first kappa shape index (κ1) is 18.7. The molecule has 1 aliphatic carbocycles. The molecule has 0 atom stereocenters. The predicted molar refractivity (Wildman–Crippen MR) is 106 cm³/mol. The van der Waals surface area contributed by atoms with E-state index in [0.717, 1.165) is 30.9 Å². The van der Waals surface area contributed by atoms with Crippen molar-refractivity contribution in [1.29, 1.82) is 0 Å². The van der Waals surface area contributed by atoms with Crippen LogP contribution in [0.4, 0.5) is 5.82 Å². The number of nitrogens with one attached hydrogen (secondary N) is 2. The maximum Gasteiger partial charge on any atom is 0.234 e. The number of carbonyl (C=O) groups excluding carboxylic acids is 1. The number of benzene rings is 1. The van der Waals surface area contributed by atoms with Gasteiger partial charge in [-0.1, -0.05) is 30.3 Å². The molecule has 1 fully saturated rings. The normalized spacial score (nSPS) is 15.8. The van der Waals surface area contributed by atoms with Crippen molar-refractivity contribution in [3.63, 3.8) is 0 Å². The largest absolute Gasteiger partial charge is 0.352 e. The lowest BCUT2D eigenvalue weighted by Gasteiger charge is -2.29. The Bertz CT molecular complexity index is 746. The summed E-state index contributed by atoms with van der Waals surface area (Å²) < 4.78 is 0. The minimum absolute atomic E-state index is 0. The number of halogens is 1. The highest BCUT2D eigenvalue weighted by molar-refractivity contribution is 5.85. The van der Waals surface area contributed by atoms with Crippen LogP contribution in [0, 0.1) is 0 Å².